The molecule has 19 heavy (non-hydrogen) atoms. The summed E-state index contributed by atoms with van der Waals surface area (Å²) >= 11 is 7.85. The van der Waals surface area contributed by atoms with Gasteiger partial charge in [0.1, 0.15) is 5.56 Å². The molecule has 7 heteroatoms. The smallest absolute Gasteiger partial charge is 0.338 e. The Balaban J connectivity index is 2.38. The zero-order chi connectivity index (χ0) is 14.0. The highest BCUT2D eigenvalue weighted by molar-refractivity contribution is 14.1. The Morgan fingerprint density at radius 1 is 1.42 bits per heavy atom. The van der Waals surface area contributed by atoms with Gasteiger partial charge in [-0.3, -0.25) is 0 Å². The number of hydrogen-bond donors (Lipinski definition) is 2. The van der Waals surface area contributed by atoms with Gasteiger partial charge in [-0.1, -0.05) is 11.6 Å². The van der Waals surface area contributed by atoms with Crippen molar-refractivity contribution in [3.8, 4) is 0 Å². The van der Waals surface area contributed by atoms with Gasteiger partial charge in [-0.15, -0.1) is 0 Å². The Kier molecular flexibility index (Phi) is 4.20. The minimum Gasteiger partial charge on any atom is -0.478 e. The Labute approximate surface area is 126 Å². The second kappa shape index (κ2) is 5.70. The van der Waals surface area contributed by atoms with E-state index in [4.69, 9.17) is 16.7 Å². The molecule has 2 rings (SSSR count). The molecule has 0 saturated carbocycles. The predicted molar refractivity (Wildman–Crippen MR) is 78.6 cm³/mol. The van der Waals surface area contributed by atoms with Crippen LogP contribution in [0.4, 0.5) is 15.9 Å². The van der Waals surface area contributed by atoms with Crippen molar-refractivity contribution in [2.75, 3.05) is 5.32 Å². The predicted octanol–water partition coefficient (Wildman–Crippen LogP) is 3.92. The molecule has 0 saturated heterocycles. The number of rotatable bonds is 3. The maximum atomic E-state index is 13.9. The Morgan fingerprint density at radius 3 is 2.79 bits per heavy atom. The van der Waals surface area contributed by atoms with Crippen molar-refractivity contribution >= 4 is 51.7 Å². The number of hydrogen-bond acceptors (Lipinski definition) is 3. The molecule has 0 atom stereocenters. The lowest BCUT2D eigenvalue weighted by Gasteiger charge is -2.09. The van der Waals surface area contributed by atoms with E-state index in [1.165, 1.54) is 6.20 Å². The van der Waals surface area contributed by atoms with E-state index in [0.717, 1.165) is 9.64 Å². The molecule has 0 aliphatic rings. The molecule has 98 valence electrons. The summed E-state index contributed by atoms with van der Waals surface area (Å²) in [5, 5.41) is 12.1. The average molecular weight is 393 g/mol. The first-order valence-corrected chi connectivity index (χ1v) is 6.54. The fraction of sp³-hybridized carbons (Fsp3) is 0. The number of anilines is 2. The monoisotopic (exact) mass is 392 g/mol. The van der Waals surface area contributed by atoms with Crippen molar-refractivity contribution in [1.82, 2.24) is 4.98 Å². The fourth-order valence-electron chi connectivity index (χ4n) is 1.41. The summed E-state index contributed by atoms with van der Waals surface area (Å²) in [6.45, 7) is 0. The molecule has 1 heterocycles. The van der Waals surface area contributed by atoms with Crippen LogP contribution in [0.2, 0.25) is 5.02 Å². The van der Waals surface area contributed by atoms with Crippen LogP contribution in [0, 0.1) is 9.39 Å². The third kappa shape index (κ3) is 3.13. The van der Waals surface area contributed by atoms with E-state index in [1.807, 2.05) is 22.6 Å². The molecule has 1 aromatic heterocycles. The summed E-state index contributed by atoms with van der Waals surface area (Å²) in [5.74, 6) is -2.38. The topological polar surface area (TPSA) is 62.2 Å². The maximum absolute atomic E-state index is 13.9. The lowest BCUT2D eigenvalue weighted by atomic mass is 10.2. The van der Waals surface area contributed by atoms with Gasteiger partial charge in [0.15, 0.2) is 11.6 Å². The van der Waals surface area contributed by atoms with Crippen LogP contribution in [-0.4, -0.2) is 16.1 Å². The number of aromatic nitrogens is 1. The van der Waals surface area contributed by atoms with Crippen molar-refractivity contribution in [3.63, 3.8) is 0 Å². The third-order valence-electron chi connectivity index (χ3n) is 2.30. The zero-order valence-corrected chi connectivity index (χ0v) is 12.2. The van der Waals surface area contributed by atoms with Crippen LogP contribution in [-0.2, 0) is 0 Å². The number of nitrogens with zero attached hydrogens (tertiary/aromatic N) is 1. The van der Waals surface area contributed by atoms with E-state index >= 15 is 0 Å². The Bertz CT molecular complexity index is 652. The summed E-state index contributed by atoms with van der Waals surface area (Å²) in [4.78, 5) is 14.6. The number of carboxylic acids is 1. The summed E-state index contributed by atoms with van der Waals surface area (Å²) in [7, 11) is 0. The van der Waals surface area contributed by atoms with E-state index in [2.05, 4.69) is 10.3 Å². The molecule has 1 aromatic carbocycles. The summed E-state index contributed by atoms with van der Waals surface area (Å²) in [5.41, 5.74) is 0.167. The molecule has 0 fully saturated rings. The molecular formula is C12H7ClFIN2O2. The molecule has 0 aliphatic carbocycles. The first-order chi connectivity index (χ1) is 8.99. The molecular weight excluding hydrogens is 385 g/mol. The average Bonchev–Trinajstić information content (AvgIpc) is 2.34. The SMILES string of the molecule is O=C(O)c1ccnc(Nc2ccc(Cl)cc2I)c1F. The van der Waals surface area contributed by atoms with Gasteiger partial charge in [-0.25, -0.2) is 14.2 Å². The molecule has 0 unspecified atom stereocenters. The van der Waals surface area contributed by atoms with E-state index in [0.29, 0.717) is 10.7 Å². The van der Waals surface area contributed by atoms with Gasteiger partial charge in [0.2, 0.25) is 0 Å². The van der Waals surface area contributed by atoms with Gasteiger partial charge in [-0.2, -0.15) is 0 Å². The number of nitrogens with one attached hydrogen (secondary N) is 1. The second-order valence-electron chi connectivity index (χ2n) is 3.58. The van der Waals surface area contributed by atoms with Gasteiger partial charge in [-0.05, 0) is 46.9 Å². The third-order valence-corrected chi connectivity index (χ3v) is 3.43. The van der Waals surface area contributed by atoms with E-state index in [-0.39, 0.29) is 5.82 Å². The van der Waals surface area contributed by atoms with Gasteiger partial charge >= 0.3 is 5.97 Å². The van der Waals surface area contributed by atoms with Crippen molar-refractivity contribution in [3.05, 3.63) is 50.4 Å². The highest BCUT2D eigenvalue weighted by atomic mass is 127. The van der Waals surface area contributed by atoms with Crippen molar-refractivity contribution in [2.45, 2.75) is 0 Å². The highest BCUT2D eigenvalue weighted by Crippen LogP contribution is 2.26. The van der Waals surface area contributed by atoms with Crippen LogP contribution in [0.5, 0.6) is 0 Å². The van der Waals surface area contributed by atoms with Crippen molar-refractivity contribution < 1.29 is 14.3 Å². The number of pyridine rings is 1. The quantitative estimate of drug-likeness (QED) is 0.777. The van der Waals surface area contributed by atoms with Crippen LogP contribution >= 0.6 is 34.2 Å². The van der Waals surface area contributed by atoms with Crippen molar-refractivity contribution in [2.24, 2.45) is 0 Å². The lowest BCUT2D eigenvalue weighted by molar-refractivity contribution is 0.0692. The maximum Gasteiger partial charge on any atom is 0.338 e. The van der Waals surface area contributed by atoms with Gasteiger partial charge in [0.25, 0.3) is 0 Å². The molecule has 2 N–H and O–H groups in total. The molecule has 0 radical (unpaired) electrons. The zero-order valence-electron chi connectivity index (χ0n) is 9.32. The molecule has 0 spiro atoms. The fourth-order valence-corrected chi connectivity index (χ4v) is 2.42. The van der Waals surface area contributed by atoms with Crippen LogP contribution in [0.25, 0.3) is 0 Å². The first-order valence-electron chi connectivity index (χ1n) is 5.09. The standard InChI is InChI=1S/C12H7ClFIN2O2/c13-6-1-2-9(8(15)5-6)17-11-10(14)7(12(18)19)3-4-16-11/h1-5H,(H,16,17)(H,18,19). The lowest BCUT2D eigenvalue weighted by Crippen LogP contribution is -2.06. The van der Waals surface area contributed by atoms with Gasteiger partial charge in [0.05, 0.1) is 5.69 Å². The van der Waals surface area contributed by atoms with Crippen molar-refractivity contribution in [1.29, 1.82) is 0 Å². The number of carbonyl (C=O) groups is 1. The minimum atomic E-state index is -1.34. The number of halogens is 3. The molecule has 0 bridgehead atoms. The van der Waals surface area contributed by atoms with Crippen LogP contribution in [0.3, 0.4) is 0 Å². The second-order valence-corrected chi connectivity index (χ2v) is 5.17. The minimum absolute atomic E-state index is 0.139. The number of aromatic carboxylic acids is 1. The van der Waals surface area contributed by atoms with Gasteiger partial charge in [0, 0.05) is 14.8 Å². The summed E-state index contributed by atoms with van der Waals surface area (Å²) in [6, 6.07) is 6.11. The molecule has 0 aliphatic heterocycles. The summed E-state index contributed by atoms with van der Waals surface area (Å²) < 4.78 is 14.7. The van der Waals surface area contributed by atoms with E-state index in [9.17, 15) is 9.18 Å². The van der Waals surface area contributed by atoms with E-state index < -0.39 is 17.3 Å². The van der Waals surface area contributed by atoms with E-state index in [1.54, 1.807) is 18.2 Å². The number of benzene rings is 1. The Morgan fingerprint density at radius 2 is 2.16 bits per heavy atom. The highest BCUT2D eigenvalue weighted by Gasteiger charge is 2.15. The van der Waals surface area contributed by atoms with Crippen LogP contribution < -0.4 is 5.32 Å². The molecule has 4 nitrogen and oxygen atoms in total. The largest absolute Gasteiger partial charge is 0.478 e. The van der Waals surface area contributed by atoms with Crippen LogP contribution in [0.1, 0.15) is 10.4 Å². The molecule has 2 aromatic rings. The van der Waals surface area contributed by atoms with Gasteiger partial charge < -0.3 is 10.4 Å². The number of carboxylic acid groups (broad SMARTS) is 1. The molecule has 0 amide bonds. The first kappa shape index (κ1) is 14.0. The normalized spacial score (nSPS) is 10.3. The summed E-state index contributed by atoms with van der Waals surface area (Å²) in [6.07, 6.45) is 1.23. The van der Waals surface area contributed by atoms with Crippen LogP contribution in [0.15, 0.2) is 30.5 Å². The Hall–Kier alpha value is -1.41.